The van der Waals surface area contributed by atoms with Crippen LogP contribution in [-0.2, 0) is 6.54 Å². The highest BCUT2D eigenvalue weighted by molar-refractivity contribution is 5.87. The molecule has 0 aliphatic heterocycles. The molecule has 0 radical (unpaired) electrons. The van der Waals surface area contributed by atoms with E-state index in [0.717, 1.165) is 16.8 Å². The molecular weight excluding hydrogens is 266 g/mol. The maximum absolute atomic E-state index is 10.8. The molecule has 104 valence electrons. The molecule has 21 heavy (non-hydrogen) atoms. The first-order valence-corrected chi connectivity index (χ1v) is 6.50. The lowest BCUT2D eigenvalue weighted by molar-refractivity contribution is 0.0697. The predicted octanol–water partition coefficient (Wildman–Crippen LogP) is 2.69. The highest BCUT2D eigenvalue weighted by Gasteiger charge is 2.07. The average Bonchev–Trinajstić information content (AvgIpc) is 2.97. The molecule has 0 saturated heterocycles. The summed E-state index contributed by atoms with van der Waals surface area (Å²) in [7, 11) is 0. The largest absolute Gasteiger partial charge is 0.478 e. The number of rotatable bonds is 4. The van der Waals surface area contributed by atoms with Crippen molar-refractivity contribution in [2.45, 2.75) is 6.54 Å². The minimum absolute atomic E-state index is 0.278. The molecular formula is C16H13N3O2. The predicted molar refractivity (Wildman–Crippen MR) is 78.0 cm³/mol. The van der Waals surface area contributed by atoms with Crippen LogP contribution in [0.2, 0.25) is 0 Å². The summed E-state index contributed by atoms with van der Waals surface area (Å²) in [5.74, 6) is -0.924. The van der Waals surface area contributed by atoms with E-state index in [1.54, 1.807) is 35.1 Å². The standard InChI is InChI=1S/C16H13N3O2/c20-16(21)14-8-6-12(7-9-14)11-19-15(10-17-18-19)13-4-2-1-3-5-13/h1-10H,11H2,(H,20,21). The second-order valence-corrected chi connectivity index (χ2v) is 4.65. The lowest BCUT2D eigenvalue weighted by Gasteiger charge is -2.06. The summed E-state index contributed by atoms with van der Waals surface area (Å²) >= 11 is 0. The van der Waals surface area contributed by atoms with Gasteiger partial charge in [0.15, 0.2) is 0 Å². The Morgan fingerprint density at radius 1 is 1.05 bits per heavy atom. The molecule has 3 rings (SSSR count). The number of nitrogens with zero attached hydrogens (tertiary/aromatic N) is 3. The van der Waals surface area contributed by atoms with Gasteiger partial charge in [-0.1, -0.05) is 47.7 Å². The highest BCUT2D eigenvalue weighted by Crippen LogP contribution is 2.18. The van der Waals surface area contributed by atoms with Crippen molar-refractivity contribution in [3.8, 4) is 11.3 Å². The van der Waals surface area contributed by atoms with Crippen LogP contribution in [0.15, 0.2) is 60.8 Å². The smallest absolute Gasteiger partial charge is 0.335 e. The van der Waals surface area contributed by atoms with Crippen LogP contribution in [-0.4, -0.2) is 26.1 Å². The van der Waals surface area contributed by atoms with Crippen LogP contribution < -0.4 is 0 Å². The van der Waals surface area contributed by atoms with Crippen LogP contribution in [0.25, 0.3) is 11.3 Å². The van der Waals surface area contributed by atoms with Gasteiger partial charge in [0, 0.05) is 5.56 Å². The number of hydrogen-bond acceptors (Lipinski definition) is 3. The molecule has 3 aromatic rings. The van der Waals surface area contributed by atoms with E-state index in [9.17, 15) is 4.79 Å². The first-order chi connectivity index (χ1) is 10.2. The fourth-order valence-corrected chi connectivity index (χ4v) is 2.13. The monoisotopic (exact) mass is 279 g/mol. The van der Waals surface area contributed by atoms with Gasteiger partial charge in [-0.2, -0.15) is 0 Å². The molecule has 0 bridgehead atoms. The van der Waals surface area contributed by atoms with Gasteiger partial charge < -0.3 is 5.11 Å². The Bertz CT molecular complexity index is 749. The summed E-state index contributed by atoms with van der Waals surface area (Å²) < 4.78 is 1.80. The Balaban J connectivity index is 1.86. The van der Waals surface area contributed by atoms with Crippen molar-refractivity contribution in [2.75, 3.05) is 0 Å². The summed E-state index contributed by atoms with van der Waals surface area (Å²) in [6.45, 7) is 0.546. The summed E-state index contributed by atoms with van der Waals surface area (Å²) in [5, 5.41) is 17.0. The summed E-state index contributed by atoms with van der Waals surface area (Å²) in [5.41, 5.74) is 3.23. The second-order valence-electron chi connectivity index (χ2n) is 4.65. The Kier molecular flexibility index (Phi) is 3.47. The molecule has 0 fully saturated rings. The van der Waals surface area contributed by atoms with E-state index in [1.165, 1.54) is 0 Å². The van der Waals surface area contributed by atoms with Gasteiger partial charge >= 0.3 is 5.97 Å². The summed E-state index contributed by atoms with van der Waals surface area (Å²) in [4.78, 5) is 10.8. The highest BCUT2D eigenvalue weighted by atomic mass is 16.4. The third-order valence-electron chi connectivity index (χ3n) is 3.22. The molecule has 1 aromatic heterocycles. The second kappa shape index (κ2) is 5.58. The Hall–Kier alpha value is -2.95. The van der Waals surface area contributed by atoms with Crippen LogP contribution in [0, 0.1) is 0 Å². The molecule has 5 nitrogen and oxygen atoms in total. The number of aromatic nitrogens is 3. The van der Waals surface area contributed by atoms with E-state index in [2.05, 4.69) is 10.3 Å². The van der Waals surface area contributed by atoms with E-state index in [1.807, 2.05) is 30.3 Å². The van der Waals surface area contributed by atoms with Crippen molar-refractivity contribution in [1.29, 1.82) is 0 Å². The van der Waals surface area contributed by atoms with E-state index in [0.29, 0.717) is 6.54 Å². The van der Waals surface area contributed by atoms with Crippen LogP contribution in [0.5, 0.6) is 0 Å². The average molecular weight is 279 g/mol. The molecule has 0 aliphatic carbocycles. The molecule has 0 unspecified atom stereocenters. The zero-order chi connectivity index (χ0) is 14.7. The molecule has 0 aliphatic rings. The molecule has 0 atom stereocenters. The minimum Gasteiger partial charge on any atom is -0.478 e. The van der Waals surface area contributed by atoms with Gasteiger partial charge in [-0.3, -0.25) is 0 Å². The van der Waals surface area contributed by atoms with Gasteiger partial charge in [-0.05, 0) is 17.7 Å². The number of carbonyl (C=O) groups is 1. The Morgan fingerprint density at radius 3 is 2.43 bits per heavy atom. The Labute approximate surface area is 121 Å². The van der Waals surface area contributed by atoms with Gasteiger partial charge in [-0.25, -0.2) is 9.48 Å². The number of carboxylic acid groups (broad SMARTS) is 1. The number of benzene rings is 2. The zero-order valence-electron chi connectivity index (χ0n) is 11.2. The number of aromatic carboxylic acids is 1. The maximum atomic E-state index is 10.8. The quantitative estimate of drug-likeness (QED) is 0.797. The van der Waals surface area contributed by atoms with E-state index >= 15 is 0 Å². The molecule has 2 aromatic carbocycles. The van der Waals surface area contributed by atoms with Crippen LogP contribution in [0.4, 0.5) is 0 Å². The topological polar surface area (TPSA) is 68.0 Å². The van der Waals surface area contributed by atoms with Crippen molar-refractivity contribution >= 4 is 5.97 Å². The SMILES string of the molecule is O=C(O)c1ccc(Cn2nncc2-c2ccccc2)cc1. The molecule has 0 amide bonds. The third-order valence-corrected chi connectivity index (χ3v) is 3.22. The van der Waals surface area contributed by atoms with Gasteiger partial charge in [0.1, 0.15) is 0 Å². The van der Waals surface area contributed by atoms with Gasteiger partial charge in [-0.15, -0.1) is 5.10 Å². The fraction of sp³-hybridized carbons (Fsp3) is 0.0625. The molecule has 0 spiro atoms. The van der Waals surface area contributed by atoms with Crippen LogP contribution in [0.1, 0.15) is 15.9 Å². The molecule has 5 heteroatoms. The molecule has 1 N–H and O–H groups in total. The number of carboxylic acids is 1. The van der Waals surface area contributed by atoms with Crippen molar-refractivity contribution in [2.24, 2.45) is 0 Å². The minimum atomic E-state index is -0.924. The van der Waals surface area contributed by atoms with Gasteiger partial charge in [0.05, 0.1) is 24.0 Å². The van der Waals surface area contributed by atoms with Crippen molar-refractivity contribution in [3.63, 3.8) is 0 Å². The first-order valence-electron chi connectivity index (χ1n) is 6.50. The summed E-state index contributed by atoms with van der Waals surface area (Å²) in [6, 6.07) is 16.7. The molecule has 1 heterocycles. The Morgan fingerprint density at radius 2 is 1.76 bits per heavy atom. The normalized spacial score (nSPS) is 10.5. The zero-order valence-corrected chi connectivity index (χ0v) is 11.2. The van der Waals surface area contributed by atoms with Crippen molar-refractivity contribution < 1.29 is 9.90 Å². The van der Waals surface area contributed by atoms with E-state index in [-0.39, 0.29) is 5.56 Å². The third kappa shape index (κ3) is 2.81. The first kappa shape index (κ1) is 13.1. The van der Waals surface area contributed by atoms with Gasteiger partial charge in [0.25, 0.3) is 0 Å². The fourth-order valence-electron chi connectivity index (χ4n) is 2.13. The lowest BCUT2D eigenvalue weighted by atomic mass is 10.1. The number of hydrogen-bond donors (Lipinski definition) is 1. The van der Waals surface area contributed by atoms with Crippen LogP contribution in [0.3, 0.4) is 0 Å². The maximum Gasteiger partial charge on any atom is 0.335 e. The van der Waals surface area contributed by atoms with Crippen LogP contribution >= 0.6 is 0 Å². The van der Waals surface area contributed by atoms with E-state index in [4.69, 9.17) is 5.11 Å². The van der Waals surface area contributed by atoms with E-state index < -0.39 is 5.97 Å². The lowest BCUT2D eigenvalue weighted by Crippen LogP contribution is -2.04. The van der Waals surface area contributed by atoms with Gasteiger partial charge in [0.2, 0.25) is 0 Å². The van der Waals surface area contributed by atoms with Crippen molar-refractivity contribution in [1.82, 2.24) is 15.0 Å². The van der Waals surface area contributed by atoms with Crippen molar-refractivity contribution in [3.05, 3.63) is 71.9 Å². The molecule has 0 saturated carbocycles. The summed E-state index contributed by atoms with van der Waals surface area (Å²) in [6.07, 6.45) is 1.72.